The molecule has 0 saturated heterocycles. The zero-order valence-corrected chi connectivity index (χ0v) is 11.5. The molecule has 0 radical (unpaired) electrons. The fraction of sp³-hybridized carbons (Fsp3) is 0.615. The Morgan fingerprint density at radius 1 is 1.18 bits per heavy atom. The summed E-state index contributed by atoms with van der Waals surface area (Å²) in [6, 6.07) is 1.71. The second-order valence-corrected chi connectivity index (χ2v) is 6.22. The third-order valence-corrected chi connectivity index (χ3v) is 2.25. The molecule has 0 fully saturated rings. The fourth-order valence-corrected chi connectivity index (χ4v) is 1.09. The highest BCUT2D eigenvalue weighted by molar-refractivity contribution is 5.93. The van der Waals surface area contributed by atoms with Gasteiger partial charge < -0.3 is 5.32 Å². The van der Waals surface area contributed by atoms with E-state index < -0.39 is 5.41 Å². The standard InChI is InChI=1S/C13H21N3O/c1-12(2,3)10-14-8-7-9(15-10)16-11(17)13(4,5)6/h7-8H,1-6H3,(H,14,15,16,17). The lowest BCUT2D eigenvalue weighted by atomic mass is 9.95. The minimum absolute atomic E-state index is 0.0453. The van der Waals surface area contributed by atoms with Crippen molar-refractivity contribution in [1.29, 1.82) is 0 Å². The van der Waals surface area contributed by atoms with Crippen LogP contribution >= 0.6 is 0 Å². The lowest BCUT2D eigenvalue weighted by molar-refractivity contribution is -0.123. The zero-order valence-electron chi connectivity index (χ0n) is 11.5. The molecule has 1 N–H and O–H groups in total. The van der Waals surface area contributed by atoms with Gasteiger partial charge in [0.2, 0.25) is 5.91 Å². The Morgan fingerprint density at radius 3 is 2.24 bits per heavy atom. The molecule has 0 aliphatic heterocycles. The maximum Gasteiger partial charge on any atom is 0.230 e. The first-order chi connectivity index (χ1) is 7.60. The van der Waals surface area contributed by atoms with Gasteiger partial charge in [-0.2, -0.15) is 0 Å². The van der Waals surface area contributed by atoms with Crippen molar-refractivity contribution in [2.75, 3.05) is 5.32 Å². The quantitative estimate of drug-likeness (QED) is 0.814. The lowest BCUT2D eigenvalue weighted by Gasteiger charge is -2.19. The van der Waals surface area contributed by atoms with Crippen LogP contribution in [0.15, 0.2) is 12.3 Å². The van der Waals surface area contributed by atoms with Crippen molar-refractivity contribution >= 4 is 11.7 Å². The van der Waals surface area contributed by atoms with E-state index in [1.165, 1.54) is 0 Å². The second-order valence-electron chi connectivity index (χ2n) is 6.22. The molecule has 0 unspecified atom stereocenters. The van der Waals surface area contributed by atoms with Crippen molar-refractivity contribution in [3.8, 4) is 0 Å². The van der Waals surface area contributed by atoms with Crippen molar-refractivity contribution in [2.24, 2.45) is 5.41 Å². The molecule has 0 bridgehead atoms. The molecule has 0 aliphatic carbocycles. The average Bonchev–Trinajstić information content (AvgIpc) is 2.15. The molecular weight excluding hydrogens is 214 g/mol. The molecular formula is C13H21N3O. The Bertz CT molecular complexity index is 413. The SMILES string of the molecule is CC(C)(C)C(=O)Nc1ccnc(C(C)(C)C)n1. The topological polar surface area (TPSA) is 54.9 Å². The summed E-state index contributed by atoms with van der Waals surface area (Å²) in [6.07, 6.45) is 1.67. The molecule has 0 atom stereocenters. The summed E-state index contributed by atoms with van der Waals surface area (Å²) in [6.45, 7) is 11.7. The van der Waals surface area contributed by atoms with Crippen molar-refractivity contribution < 1.29 is 4.79 Å². The molecule has 4 heteroatoms. The Kier molecular flexibility index (Phi) is 3.55. The van der Waals surface area contributed by atoms with Crippen LogP contribution in [0, 0.1) is 5.41 Å². The number of anilines is 1. The van der Waals surface area contributed by atoms with E-state index in [2.05, 4.69) is 15.3 Å². The number of rotatable bonds is 1. The molecule has 17 heavy (non-hydrogen) atoms. The summed E-state index contributed by atoms with van der Waals surface area (Å²) in [5.41, 5.74) is -0.546. The molecule has 1 aromatic rings. The molecule has 1 aromatic heterocycles. The molecule has 1 amide bonds. The van der Waals surface area contributed by atoms with Gasteiger partial charge in [0.1, 0.15) is 11.6 Å². The lowest BCUT2D eigenvalue weighted by Crippen LogP contribution is -2.28. The number of nitrogens with zero attached hydrogens (tertiary/aromatic N) is 2. The smallest absolute Gasteiger partial charge is 0.230 e. The van der Waals surface area contributed by atoms with Crippen LogP contribution in [0.5, 0.6) is 0 Å². The van der Waals surface area contributed by atoms with E-state index in [1.54, 1.807) is 12.3 Å². The highest BCUT2D eigenvalue weighted by atomic mass is 16.2. The molecule has 0 saturated carbocycles. The normalized spacial score (nSPS) is 12.4. The van der Waals surface area contributed by atoms with Crippen LogP contribution in [0.3, 0.4) is 0 Å². The average molecular weight is 235 g/mol. The predicted octanol–water partition coefficient (Wildman–Crippen LogP) is 2.76. The van der Waals surface area contributed by atoms with Crippen LogP contribution in [0.1, 0.15) is 47.4 Å². The molecule has 0 aliphatic rings. The van der Waals surface area contributed by atoms with Gasteiger partial charge in [0.05, 0.1) is 0 Å². The van der Waals surface area contributed by atoms with Crippen LogP contribution in [0.4, 0.5) is 5.82 Å². The second kappa shape index (κ2) is 4.43. The van der Waals surface area contributed by atoms with E-state index in [1.807, 2.05) is 41.5 Å². The highest BCUT2D eigenvalue weighted by Gasteiger charge is 2.23. The third kappa shape index (κ3) is 3.80. The van der Waals surface area contributed by atoms with E-state index in [4.69, 9.17) is 0 Å². The molecule has 1 heterocycles. The van der Waals surface area contributed by atoms with Gasteiger partial charge >= 0.3 is 0 Å². The summed E-state index contributed by atoms with van der Waals surface area (Å²) >= 11 is 0. The number of carbonyl (C=O) groups excluding carboxylic acids is 1. The molecule has 0 spiro atoms. The minimum atomic E-state index is -0.424. The van der Waals surface area contributed by atoms with Crippen LogP contribution in [0.25, 0.3) is 0 Å². The maximum atomic E-state index is 11.8. The van der Waals surface area contributed by atoms with Crippen LogP contribution in [-0.2, 0) is 10.2 Å². The summed E-state index contributed by atoms with van der Waals surface area (Å²) in [5, 5.41) is 2.80. The molecule has 0 aromatic carbocycles. The monoisotopic (exact) mass is 235 g/mol. The molecule has 94 valence electrons. The Labute approximate surface area is 103 Å². The van der Waals surface area contributed by atoms with Crippen LogP contribution < -0.4 is 5.32 Å². The van der Waals surface area contributed by atoms with Gasteiger partial charge in [0, 0.05) is 17.0 Å². The van der Waals surface area contributed by atoms with Gasteiger partial charge in [-0.1, -0.05) is 41.5 Å². The van der Waals surface area contributed by atoms with Crippen molar-refractivity contribution in [2.45, 2.75) is 47.0 Å². The van der Waals surface area contributed by atoms with E-state index in [9.17, 15) is 4.79 Å². The van der Waals surface area contributed by atoms with Gasteiger partial charge in [-0.25, -0.2) is 9.97 Å². The Morgan fingerprint density at radius 2 is 1.76 bits per heavy atom. The van der Waals surface area contributed by atoms with Gasteiger partial charge in [-0.3, -0.25) is 4.79 Å². The van der Waals surface area contributed by atoms with E-state index in [0.29, 0.717) is 5.82 Å². The maximum absolute atomic E-state index is 11.8. The summed E-state index contributed by atoms with van der Waals surface area (Å²) in [7, 11) is 0. The van der Waals surface area contributed by atoms with Gasteiger partial charge in [0.15, 0.2) is 0 Å². The van der Waals surface area contributed by atoms with E-state index in [-0.39, 0.29) is 11.3 Å². The zero-order chi connectivity index (χ0) is 13.3. The summed E-state index contributed by atoms with van der Waals surface area (Å²) in [4.78, 5) is 20.4. The first-order valence-corrected chi connectivity index (χ1v) is 5.76. The fourth-order valence-electron chi connectivity index (χ4n) is 1.09. The number of hydrogen-bond acceptors (Lipinski definition) is 3. The summed E-state index contributed by atoms with van der Waals surface area (Å²) < 4.78 is 0. The van der Waals surface area contributed by atoms with Crippen LogP contribution in [0.2, 0.25) is 0 Å². The Hall–Kier alpha value is -1.45. The first-order valence-electron chi connectivity index (χ1n) is 5.76. The minimum Gasteiger partial charge on any atom is -0.310 e. The van der Waals surface area contributed by atoms with Crippen molar-refractivity contribution in [1.82, 2.24) is 9.97 Å². The number of amides is 1. The van der Waals surface area contributed by atoms with Gasteiger partial charge in [-0.05, 0) is 6.07 Å². The number of nitrogens with one attached hydrogen (secondary N) is 1. The van der Waals surface area contributed by atoms with Gasteiger partial charge in [-0.15, -0.1) is 0 Å². The molecule has 4 nitrogen and oxygen atoms in total. The van der Waals surface area contributed by atoms with Crippen molar-refractivity contribution in [3.63, 3.8) is 0 Å². The summed E-state index contributed by atoms with van der Waals surface area (Å²) in [5.74, 6) is 1.24. The largest absolute Gasteiger partial charge is 0.310 e. The van der Waals surface area contributed by atoms with Crippen LogP contribution in [-0.4, -0.2) is 15.9 Å². The van der Waals surface area contributed by atoms with Gasteiger partial charge in [0.25, 0.3) is 0 Å². The molecule has 1 rings (SSSR count). The van der Waals surface area contributed by atoms with E-state index in [0.717, 1.165) is 5.82 Å². The number of hydrogen-bond donors (Lipinski definition) is 1. The predicted molar refractivity (Wildman–Crippen MR) is 68.8 cm³/mol. The highest BCUT2D eigenvalue weighted by Crippen LogP contribution is 2.20. The van der Waals surface area contributed by atoms with E-state index >= 15 is 0 Å². The third-order valence-electron chi connectivity index (χ3n) is 2.25. The number of aromatic nitrogens is 2. The van der Waals surface area contributed by atoms with Crippen molar-refractivity contribution in [3.05, 3.63) is 18.1 Å². The number of carbonyl (C=O) groups is 1. The Balaban J connectivity index is 2.91. The first kappa shape index (κ1) is 13.6.